The summed E-state index contributed by atoms with van der Waals surface area (Å²) in [7, 11) is -3.61. The Hall–Kier alpha value is -0.890. The second-order valence-corrected chi connectivity index (χ2v) is 7.55. The van der Waals surface area contributed by atoms with Crippen molar-refractivity contribution in [1.29, 1.82) is 0 Å². The molecule has 2 rings (SSSR count). The first kappa shape index (κ1) is 16.5. The highest BCUT2D eigenvalue weighted by molar-refractivity contribution is 7.89. The van der Waals surface area contributed by atoms with Crippen LogP contribution < -0.4 is 5.56 Å². The third-order valence-corrected chi connectivity index (χ3v) is 6.11. The summed E-state index contributed by atoms with van der Waals surface area (Å²) >= 11 is 5.71. The fourth-order valence-electron chi connectivity index (χ4n) is 2.38. The van der Waals surface area contributed by atoms with Gasteiger partial charge in [-0.15, -0.1) is 0 Å². The zero-order valence-corrected chi connectivity index (χ0v) is 13.7. The van der Waals surface area contributed by atoms with E-state index in [1.54, 1.807) is 0 Å². The van der Waals surface area contributed by atoms with Crippen molar-refractivity contribution in [2.24, 2.45) is 0 Å². The number of aromatic amines is 1. The van der Waals surface area contributed by atoms with Gasteiger partial charge in [0.15, 0.2) is 0 Å². The van der Waals surface area contributed by atoms with Gasteiger partial charge in [0.05, 0.1) is 4.90 Å². The minimum atomic E-state index is -3.61. The Balaban J connectivity index is 2.15. The van der Waals surface area contributed by atoms with Crippen LogP contribution in [-0.2, 0) is 10.0 Å². The summed E-state index contributed by atoms with van der Waals surface area (Å²) in [4.78, 5) is 15.9. The van der Waals surface area contributed by atoms with Crippen molar-refractivity contribution >= 4 is 21.6 Å². The van der Waals surface area contributed by atoms with Gasteiger partial charge in [-0.2, -0.15) is 4.31 Å². The maximum Gasteiger partial charge on any atom is 0.266 e. The molecule has 1 aliphatic rings. The molecule has 118 valence electrons. The number of nitrogens with zero attached hydrogens (tertiary/aromatic N) is 2. The van der Waals surface area contributed by atoms with E-state index >= 15 is 0 Å². The van der Waals surface area contributed by atoms with Crippen molar-refractivity contribution in [2.75, 3.05) is 26.2 Å². The van der Waals surface area contributed by atoms with Gasteiger partial charge in [-0.1, -0.05) is 18.5 Å². The Morgan fingerprint density at radius 1 is 1.33 bits per heavy atom. The number of piperazine rings is 1. The molecule has 1 fully saturated rings. The zero-order valence-electron chi connectivity index (χ0n) is 12.2. The molecule has 21 heavy (non-hydrogen) atoms. The van der Waals surface area contributed by atoms with Crippen LogP contribution in [-0.4, -0.2) is 54.8 Å². The van der Waals surface area contributed by atoms with Gasteiger partial charge in [-0.05, 0) is 19.4 Å². The van der Waals surface area contributed by atoms with Crippen LogP contribution in [0.4, 0.5) is 0 Å². The van der Waals surface area contributed by atoms with E-state index < -0.39 is 15.6 Å². The van der Waals surface area contributed by atoms with E-state index in [-0.39, 0.29) is 9.92 Å². The van der Waals surface area contributed by atoms with Crippen molar-refractivity contribution in [2.45, 2.75) is 31.2 Å². The number of rotatable bonds is 4. The molecular formula is C13H20ClN3O3S. The van der Waals surface area contributed by atoms with Gasteiger partial charge in [0.1, 0.15) is 5.02 Å². The van der Waals surface area contributed by atoms with Crippen LogP contribution in [0.15, 0.2) is 22.0 Å². The fraction of sp³-hybridized carbons (Fsp3) is 0.615. The van der Waals surface area contributed by atoms with Crippen LogP contribution in [0.5, 0.6) is 0 Å². The molecule has 1 aliphatic heterocycles. The van der Waals surface area contributed by atoms with Crippen LogP contribution in [0.2, 0.25) is 5.02 Å². The number of H-pyrrole nitrogens is 1. The maximum atomic E-state index is 12.5. The lowest BCUT2D eigenvalue weighted by Crippen LogP contribution is -2.51. The second kappa shape index (κ2) is 6.48. The van der Waals surface area contributed by atoms with Crippen molar-refractivity contribution in [3.8, 4) is 0 Å². The van der Waals surface area contributed by atoms with Gasteiger partial charge in [0, 0.05) is 38.4 Å². The molecule has 8 heteroatoms. The van der Waals surface area contributed by atoms with Crippen LogP contribution in [0, 0.1) is 0 Å². The molecule has 0 bridgehead atoms. The van der Waals surface area contributed by atoms with Crippen molar-refractivity contribution in [1.82, 2.24) is 14.2 Å². The molecule has 1 atom stereocenters. The molecule has 1 N–H and O–H groups in total. The Kier molecular flexibility index (Phi) is 5.08. The second-order valence-electron chi connectivity index (χ2n) is 5.21. The SMILES string of the molecule is CCC(C)N1CCN(S(=O)(=O)c2c[nH]c(=O)c(Cl)c2)CC1. The summed E-state index contributed by atoms with van der Waals surface area (Å²) < 4.78 is 26.5. The highest BCUT2D eigenvalue weighted by Crippen LogP contribution is 2.19. The first-order valence-electron chi connectivity index (χ1n) is 6.98. The summed E-state index contributed by atoms with van der Waals surface area (Å²) in [6.45, 7) is 6.59. The van der Waals surface area contributed by atoms with Crippen molar-refractivity contribution in [3.63, 3.8) is 0 Å². The van der Waals surface area contributed by atoms with Gasteiger partial charge in [-0.3, -0.25) is 9.69 Å². The Morgan fingerprint density at radius 3 is 2.48 bits per heavy atom. The lowest BCUT2D eigenvalue weighted by molar-refractivity contribution is 0.142. The molecule has 0 saturated carbocycles. The number of halogens is 1. The van der Waals surface area contributed by atoms with Crippen molar-refractivity contribution in [3.05, 3.63) is 27.6 Å². The van der Waals surface area contributed by atoms with E-state index in [1.807, 2.05) is 0 Å². The monoisotopic (exact) mass is 333 g/mol. The molecule has 0 aliphatic carbocycles. The molecule has 1 aromatic rings. The predicted molar refractivity (Wildman–Crippen MR) is 82.2 cm³/mol. The minimum absolute atomic E-state index is 0.0316. The summed E-state index contributed by atoms with van der Waals surface area (Å²) in [5.74, 6) is 0. The molecular weight excluding hydrogens is 314 g/mol. The number of nitrogens with one attached hydrogen (secondary N) is 1. The first-order chi connectivity index (χ1) is 9.86. The van der Waals surface area contributed by atoms with E-state index in [2.05, 4.69) is 23.7 Å². The fourth-order valence-corrected chi connectivity index (χ4v) is 4.03. The van der Waals surface area contributed by atoms with E-state index in [4.69, 9.17) is 11.6 Å². The van der Waals surface area contributed by atoms with Crippen LogP contribution in [0.25, 0.3) is 0 Å². The van der Waals surface area contributed by atoms with Crippen LogP contribution >= 0.6 is 11.6 Å². The highest BCUT2D eigenvalue weighted by Gasteiger charge is 2.30. The van der Waals surface area contributed by atoms with E-state index in [0.717, 1.165) is 6.42 Å². The molecule has 0 radical (unpaired) electrons. The van der Waals surface area contributed by atoms with E-state index in [9.17, 15) is 13.2 Å². The lowest BCUT2D eigenvalue weighted by Gasteiger charge is -2.37. The molecule has 0 amide bonds. The lowest BCUT2D eigenvalue weighted by atomic mass is 10.2. The quantitative estimate of drug-likeness (QED) is 0.896. The third kappa shape index (κ3) is 3.48. The van der Waals surface area contributed by atoms with E-state index in [1.165, 1.54) is 16.6 Å². The highest BCUT2D eigenvalue weighted by atomic mass is 35.5. The standard InChI is InChI=1S/C13H20ClN3O3S/c1-3-10(2)16-4-6-17(7-5-16)21(19,20)11-8-12(14)13(18)15-9-11/h8-10H,3-7H2,1-2H3,(H,15,18). The maximum absolute atomic E-state index is 12.5. The third-order valence-electron chi connectivity index (χ3n) is 3.96. The average molecular weight is 334 g/mol. The van der Waals surface area contributed by atoms with Gasteiger partial charge < -0.3 is 4.98 Å². The zero-order chi connectivity index (χ0) is 15.6. The predicted octanol–water partition coefficient (Wildman–Crippen LogP) is 1.13. The Morgan fingerprint density at radius 2 is 1.95 bits per heavy atom. The first-order valence-corrected chi connectivity index (χ1v) is 8.80. The number of hydrogen-bond donors (Lipinski definition) is 1. The Bertz CT molecular complexity index is 651. The normalized spacial score (nSPS) is 19.6. The molecule has 0 spiro atoms. The summed E-state index contributed by atoms with van der Waals surface area (Å²) in [6.07, 6.45) is 2.24. The Labute approximate surface area is 129 Å². The van der Waals surface area contributed by atoms with Gasteiger partial charge >= 0.3 is 0 Å². The van der Waals surface area contributed by atoms with Crippen molar-refractivity contribution < 1.29 is 8.42 Å². The largest absolute Gasteiger partial charge is 0.326 e. The molecule has 2 heterocycles. The topological polar surface area (TPSA) is 73.5 Å². The number of sulfonamides is 1. The van der Waals surface area contributed by atoms with Gasteiger partial charge in [0.2, 0.25) is 10.0 Å². The van der Waals surface area contributed by atoms with Gasteiger partial charge in [0.25, 0.3) is 5.56 Å². The smallest absolute Gasteiger partial charge is 0.266 e. The number of pyridine rings is 1. The number of hydrogen-bond acceptors (Lipinski definition) is 4. The molecule has 0 aromatic carbocycles. The summed E-state index contributed by atoms with van der Waals surface area (Å²) in [5, 5.41) is -0.116. The average Bonchev–Trinajstić information content (AvgIpc) is 2.49. The minimum Gasteiger partial charge on any atom is -0.326 e. The van der Waals surface area contributed by atoms with Crippen LogP contribution in [0.3, 0.4) is 0 Å². The molecule has 1 unspecified atom stereocenters. The van der Waals surface area contributed by atoms with E-state index in [0.29, 0.717) is 32.2 Å². The number of aromatic nitrogens is 1. The summed E-state index contributed by atoms with van der Waals surface area (Å²) in [6, 6.07) is 1.66. The molecule has 6 nitrogen and oxygen atoms in total. The molecule has 1 aromatic heterocycles. The summed E-state index contributed by atoms with van der Waals surface area (Å²) in [5.41, 5.74) is -0.489. The van der Waals surface area contributed by atoms with Crippen LogP contribution in [0.1, 0.15) is 20.3 Å². The van der Waals surface area contributed by atoms with Gasteiger partial charge in [-0.25, -0.2) is 8.42 Å². The molecule has 1 saturated heterocycles.